The van der Waals surface area contributed by atoms with Crippen LogP contribution in [0.25, 0.3) is 0 Å². The number of rotatable bonds is 0. The van der Waals surface area contributed by atoms with E-state index in [1.807, 2.05) is 0 Å². The predicted octanol–water partition coefficient (Wildman–Crippen LogP) is 1.78. The van der Waals surface area contributed by atoms with Gasteiger partial charge < -0.3 is 5.32 Å². The van der Waals surface area contributed by atoms with Crippen molar-refractivity contribution in [1.29, 1.82) is 0 Å². The molecule has 1 aliphatic heterocycles. The van der Waals surface area contributed by atoms with Crippen LogP contribution in [0.3, 0.4) is 0 Å². The second-order valence-corrected chi connectivity index (χ2v) is 6.42. The molecule has 1 aliphatic carbocycles. The molecule has 86 valence electrons. The molecule has 2 nitrogen and oxygen atoms in total. The van der Waals surface area contributed by atoms with Crippen molar-refractivity contribution in [3.63, 3.8) is 0 Å². The van der Waals surface area contributed by atoms with Crippen molar-refractivity contribution in [1.82, 2.24) is 5.32 Å². The summed E-state index contributed by atoms with van der Waals surface area (Å²) >= 11 is 0. The zero-order valence-corrected chi connectivity index (χ0v) is 10.1. The predicted molar refractivity (Wildman–Crippen MR) is 66.9 cm³/mol. The van der Waals surface area contributed by atoms with Gasteiger partial charge in [-0.3, -0.25) is 4.21 Å². The maximum Gasteiger partial charge on any atom is 0.0546 e. The van der Waals surface area contributed by atoms with E-state index in [4.69, 9.17) is 0 Å². The van der Waals surface area contributed by atoms with E-state index in [9.17, 15) is 4.21 Å². The summed E-state index contributed by atoms with van der Waals surface area (Å²) in [4.78, 5) is 0. The van der Waals surface area contributed by atoms with E-state index in [0.717, 1.165) is 31.6 Å². The lowest BCUT2D eigenvalue weighted by atomic mass is 9.87. The Bertz CT molecular complexity index is 418. The van der Waals surface area contributed by atoms with E-state index in [0.29, 0.717) is 11.3 Å². The van der Waals surface area contributed by atoms with Gasteiger partial charge in [-0.25, -0.2) is 0 Å². The zero-order valence-electron chi connectivity index (χ0n) is 9.32. The Morgan fingerprint density at radius 2 is 2.19 bits per heavy atom. The number of fused-ring (bicyclic) bond motifs is 3. The van der Waals surface area contributed by atoms with Gasteiger partial charge in [0.1, 0.15) is 0 Å². The van der Waals surface area contributed by atoms with Crippen LogP contribution in [0, 0.1) is 0 Å². The SMILES string of the molecule is O=S1CCCNC2c3ccccc3CCC21. The van der Waals surface area contributed by atoms with Crippen LogP contribution in [0.1, 0.15) is 30.0 Å². The summed E-state index contributed by atoms with van der Waals surface area (Å²) in [6, 6.07) is 8.93. The van der Waals surface area contributed by atoms with Gasteiger partial charge in [-0.05, 0) is 36.9 Å². The van der Waals surface area contributed by atoms with Crippen LogP contribution in [0.2, 0.25) is 0 Å². The van der Waals surface area contributed by atoms with Crippen LogP contribution in [0.4, 0.5) is 0 Å². The molecular formula is C13H17NOS. The molecule has 0 spiro atoms. The minimum absolute atomic E-state index is 0.327. The van der Waals surface area contributed by atoms with Gasteiger partial charge in [-0.15, -0.1) is 0 Å². The number of benzene rings is 1. The van der Waals surface area contributed by atoms with E-state index in [-0.39, 0.29) is 0 Å². The maximum absolute atomic E-state index is 12.1. The molecular weight excluding hydrogens is 218 g/mol. The summed E-state index contributed by atoms with van der Waals surface area (Å²) in [7, 11) is -0.644. The minimum Gasteiger partial charge on any atom is -0.309 e. The third-order valence-electron chi connectivity index (χ3n) is 3.68. The summed E-state index contributed by atoms with van der Waals surface area (Å²) in [5.41, 5.74) is 2.82. The molecule has 0 bridgehead atoms. The first-order valence-corrected chi connectivity index (χ1v) is 7.43. The van der Waals surface area contributed by atoms with Crippen LogP contribution in [-0.2, 0) is 17.2 Å². The first-order valence-electron chi connectivity index (χ1n) is 6.04. The summed E-state index contributed by atoms with van der Waals surface area (Å²) in [6.07, 6.45) is 3.20. The van der Waals surface area contributed by atoms with Crippen LogP contribution in [-0.4, -0.2) is 21.8 Å². The minimum atomic E-state index is -0.644. The number of hydrogen-bond donors (Lipinski definition) is 1. The zero-order chi connectivity index (χ0) is 11.0. The Balaban J connectivity index is 2.01. The molecule has 1 saturated heterocycles. The highest BCUT2D eigenvalue weighted by atomic mass is 32.2. The Kier molecular flexibility index (Phi) is 2.82. The molecule has 1 heterocycles. The van der Waals surface area contributed by atoms with Crippen LogP contribution < -0.4 is 5.32 Å². The van der Waals surface area contributed by atoms with Crippen LogP contribution in [0.5, 0.6) is 0 Å². The molecule has 1 N–H and O–H groups in total. The number of aryl methyl sites for hydroxylation is 1. The molecule has 3 atom stereocenters. The molecule has 3 rings (SSSR count). The lowest BCUT2D eigenvalue weighted by Gasteiger charge is -2.31. The highest BCUT2D eigenvalue weighted by molar-refractivity contribution is 7.85. The monoisotopic (exact) mass is 235 g/mol. The van der Waals surface area contributed by atoms with Gasteiger partial charge in [0.05, 0.1) is 5.25 Å². The van der Waals surface area contributed by atoms with E-state index in [1.165, 1.54) is 11.1 Å². The van der Waals surface area contributed by atoms with Gasteiger partial charge in [0.2, 0.25) is 0 Å². The fourth-order valence-corrected chi connectivity index (χ4v) is 4.54. The summed E-state index contributed by atoms with van der Waals surface area (Å²) < 4.78 is 12.1. The van der Waals surface area contributed by atoms with Crippen molar-refractivity contribution < 1.29 is 4.21 Å². The van der Waals surface area contributed by atoms with E-state index >= 15 is 0 Å². The van der Waals surface area contributed by atoms with Crippen LogP contribution >= 0.6 is 0 Å². The van der Waals surface area contributed by atoms with E-state index in [2.05, 4.69) is 29.6 Å². The summed E-state index contributed by atoms with van der Waals surface area (Å²) in [5, 5.41) is 3.91. The molecule has 3 heteroatoms. The molecule has 2 aliphatic rings. The highest BCUT2D eigenvalue weighted by Gasteiger charge is 2.34. The van der Waals surface area contributed by atoms with Gasteiger partial charge in [-0.1, -0.05) is 24.3 Å². The fourth-order valence-electron chi connectivity index (χ4n) is 2.88. The molecule has 1 aromatic carbocycles. The van der Waals surface area contributed by atoms with Gasteiger partial charge >= 0.3 is 0 Å². The first-order chi connectivity index (χ1) is 7.86. The lowest BCUT2D eigenvalue weighted by Crippen LogP contribution is -2.36. The third-order valence-corrected chi connectivity index (χ3v) is 5.56. The van der Waals surface area contributed by atoms with Crippen molar-refractivity contribution in [2.45, 2.75) is 30.6 Å². The highest BCUT2D eigenvalue weighted by Crippen LogP contribution is 2.34. The lowest BCUT2D eigenvalue weighted by molar-refractivity contribution is 0.476. The topological polar surface area (TPSA) is 29.1 Å². The van der Waals surface area contributed by atoms with Crippen molar-refractivity contribution in [3.05, 3.63) is 35.4 Å². The van der Waals surface area contributed by atoms with Crippen molar-refractivity contribution in [2.75, 3.05) is 12.3 Å². The molecule has 0 aromatic heterocycles. The third kappa shape index (κ3) is 1.72. The average molecular weight is 235 g/mol. The molecule has 0 radical (unpaired) electrons. The standard InChI is InChI=1S/C13H17NOS/c15-16-9-3-8-14-13-11-5-2-1-4-10(11)6-7-12(13)16/h1-2,4-5,12-14H,3,6-9H2. The Labute approximate surface area is 98.9 Å². The van der Waals surface area contributed by atoms with E-state index < -0.39 is 10.8 Å². The Morgan fingerprint density at radius 3 is 3.12 bits per heavy atom. The van der Waals surface area contributed by atoms with Crippen molar-refractivity contribution in [3.8, 4) is 0 Å². The molecule has 0 amide bonds. The Morgan fingerprint density at radius 1 is 1.31 bits per heavy atom. The van der Waals surface area contributed by atoms with Crippen molar-refractivity contribution >= 4 is 10.8 Å². The second kappa shape index (κ2) is 4.30. The van der Waals surface area contributed by atoms with Crippen molar-refractivity contribution in [2.24, 2.45) is 0 Å². The molecule has 0 saturated carbocycles. The normalized spacial score (nSPS) is 33.6. The molecule has 3 unspecified atom stereocenters. The average Bonchev–Trinajstić information content (AvgIpc) is 2.52. The van der Waals surface area contributed by atoms with Gasteiger partial charge in [-0.2, -0.15) is 0 Å². The largest absolute Gasteiger partial charge is 0.309 e. The quantitative estimate of drug-likeness (QED) is 0.743. The molecule has 16 heavy (non-hydrogen) atoms. The Hall–Kier alpha value is -0.670. The molecule has 1 aromatic rings. The first kappa shape index (κ1) is 10.5. The van der Waals surface area contributed by atoms with Gasteiger partial charge in [0.25, 0.3) is 0 Å². The smallest absolute Gasteiger partial charge is 0.0546 e. The maximum atomic E-state index is 12.1. The summed E-state index contributed by atoms with van der Waals surface area (Å²) in [6.45, 7) is 1.00. The summed E-state index contributed by atoms with van der Waals surface area (Å²) in [5.74, 6) is 0.871. The van der Waals surface area contributed by atoms with Gasteiger partial charge in [0, 0.05) is 22.6 Å². The number of nitrogens with one attached hydrogen (secondary N) is 1. The van der Waals surface area contributed by atoms with Gasteiger partial charge in [0.15, 0.2) is 0 Å². The molecule has 1 fully saturated rings. The second-order valence-electron chi connectivity index (χ2n) is 4.65. The fraction of sp³-hybridized carbons (Fsp3) is 0.538. The number of hydrogen-bond acceptors (Lipinski definition) is 2. The van der Waals surface area contributed by atoms with E-state index in [1.54, 1.807) is 0 Å². The van der Waals surface area contributed by atoms with Crippen LogP contribution in [0.15, 0.2) is 24.3 Å².